The van der Waals surface area contributed by atoms with Crippen LogP contribution in [-0.4, -0.2) is 37.2 Å². The zero-order valence-corrected chi connectivity index (χ0v) is 15.2. The average molecular weight is 390 g/mol. The summed E-state index contributed by atoms with van der Waals surface area (Å²) < 4.78 is 22.2. The standard InChI is InChI=1S/C18H15FN2O5S/c1-25-16(23)11-7-12(17(24)26-2)9-14(8-11)20-18(27)21-15(22)10-3-5-13(19)6-4-10/h3-9H,1-2H3,(H2,20,21,22,27). The summed E-state index contributed by atoms with van der Waals surface area (Å²) in [5.74, 6) is -2.35. The number of carbonyl (C=O) groups is 3. The first-order valence-corrected chi connectivity index (χ1v) is 7.94. The van der Waals surface area contributed by atoms with Gasteiger partial charge in [-0.15, -0.1) is 0 Å². The van der Waals surface area contributed by atoms with E-state index in [0.29, 0.717) is 0 Å². The molecule has 0 aromatic heterocycles. The van der Waals surface area contributed by atoms with Crippen molar-refractivity contribution in [3.63, 3.8) is 0 Å². The maximum atomic E-state index is 12.9. The van der Waals surface area contributed by atoms with Crippen LogP contribution in [-0.2, 0) is 9.47 Å². The molecule has 2 N–H and O–H groups in total. The molecule has 0 saturated heterocycles. The molecule has 0 spiro atoms. The first-order valence-electron chi connectivity index (χ1n) is 7.53. The van der Waals surface area contributed by atoms with Crippen molar-refractivity contribution in [2.75, 3.05) is 19.5 Å². The second-order valence-electron chi connectivity index (χ2n) is 5.20. The molecule has 140 valence electrons. The Balaban J connectivity index is 2.18. The van der Waals surface area contributed by atoms with E-state index >= 15 is 0 Å². The Hall–Kier alpha value is -3.33. The largest absolute Gasteiger partial charge is 0.465 e. The van der Waals surface area contributed by atoms with Crippen LogP contribution in [0.4, 0.5) is 10.1 Å². The summed E-state index contributed by atoms with van der Waals surface area (Å²) in [7, 11) is 2.40. The highest BCUT2D eigenvalue weighted by Gasteiger charge is 2.15. The van der Waals surface area contributed by atoms with Gasteiger partial charge in [0.15, 0.2) is 5.11 Å². The Morgan fingerprint density at radius 3 is 1.89 bits per heavy atom. The minimum atomic E-state index is -0.662. The quantitative estimate of drug-likeness (QED) is 0.612. The topological polar surface area (TPSA) is 93.7 Å². The van der Waals surface area contributed by atoms with E-state index in [1.807, 2.05) is 0 Å². The Kier molecular flexibility index (Phi) is 6.56. The van der Waals surface area contributed by atoms with Gasteiger partial charge in [-0.05, 0) is 54.7 Å². The van der Waals surface area contributed by atoms with Crippen molar-refractivity contribution in [1.29, 1.82) is 0 Å². The van der Waals surface area contributed by atoms with Crippen molar-refractivity contribution in [2.24, 2.45) is 0 Å². The summed E-state index contributed by atoms with van der Waals surface area (Å²) in [5.41, 5.74) is 0.660. The molecule has 2 aromatic carbocycles. The fourth-order valence-electron chi connectivity index (χ4n) is 2.11. The first kappa shape index (κ1) is 20.0. The molecule has 0 radical (unpaired) electrons. The summed E-state index contributed by atoms with van der Waals surface area (Å²) >= 11 is 5.06. The first-order chi connectivity index (χ1) is 12.8. The molecule has 0 aliphatic heterocycles. The number of benzene rings is 2. The number of hydrogen-bond acceptors (Lipinski definition) is 6. The van der Waals surface area contributed by atoms with E-state index in [2.05, 4.69) is 20.1 Å². The van der Waals surface area contributed by atoms with Gasteiger partial charge >= 0.3 is 11.9 Å². The number of rotatable bonds is 4. The molecule has 0 fully saturated rings. The molecule has 2 aromatic rings. The van der Waals surface area contributed by atoms with Gasteiger partial charge in [-0.3, -0.25) is 10.1 Å². The molecule has 1 amide bonds. The van der Waals surface area contributed by atoms with Crippen molar-refractivity contribution < 1.29 is 28.2 Å². The lowest BCUT2D eigenvalue weighted by atomic mass is 10.1. The summed E-state index contributed by atoms with van der Waals surface area (Å²) in [6.07, 6.45) is 0. The van der Waals surface area contributed by atoms with Crippen LogP contribution < -0.4 is 10.6 Å². The smallest absolute Gasteiger partial charge is 0.337 e. The fourth-order valence-corrected chi connectivity index (χ4v) is 2.32. The molecule has 0 aliphatic rings. The van der Waals surface area contributed by atoms with E-state index in [1.54, 1.807) is 0 Å². The second-order valence-corrected chi connectivity index (χ2v) is 5.61. The Bertz CT molecular complexity index is 865. The minimum Gasteiger partial charge on any atom is -0.465 e. The van der Waals surface area contributed by atoms with Crippen molar-refractivity contribution in [3.8, 4) is 0 Å². The summed E-state index contributed by atoms with van der Waals surface area (Å²) in [5, 5.41) is 5.04. The van der Waals surface area contributed by atoms with Gasteiger partial charge in [-0.25, -0.2) is 14.0 Å². The van der Waals surface area contributed by atoms with Gasteiger partial charge in [0.25, 0.3) is 5.91 Å². The second kappa shape index (κ2) is 8.86. The molecule has 0 atom stereocenters. The molecule has 0 saturated carbocycles. The van der Waals surface area contributed by atoms with E-state index in [9.17, 15) is 18.8 Å². The molecular formula is C18H15FN2O5S. The van der Waals surface area contributed by atoms with E-state index in [0.717, 1.165) is 12.1 Å². The monoisotopic (exact) mass is 390 g/mol. The van der Waals surface area contributed by atoms with Crippen LogP contribution in [0, 0.1) is 5.82 Å². The third-order valence-electron chi connectivity index (χ3n) is 3.37. The SMILES string of the molecule is COC(=O)c1cc(NC(=S)NC(=O)c2ccc(F)cc2)cc(C(=O)OC)c1. The molecular weight excluding hydrogens is 375 g/mol. The Labute approximate surface area is 159 Å². The maximum Gasteiger partial charge on any atom is 0.337 e. The highest BCUT2D eigenvalue weighted by Crippen LogP contribution is 2.17. The van der Waals surface area contributed by atoms with Gasteiger partial charge in [0.05, 0.1) is 25.3 Å². The number of anilines is 1. The average Bonchev–Trinajstić information content (AvgIpc) is 2.66. The number of methoxy groups -OCH3 is 2. The molecule has 9 heteroatoms. The number of nitrogens with one attached hydrogen (secondary N) is 2. The van der Waals surface area contributed by atoms with Crippen LogP contribution in [0.25, 0.3) is 0 Å². The van der Waals surface area contributed by atoms with E-state index in [-0.39, 0.29) is 27.5 Å². The zero-order chi connectivity index (χ0) is 20.0. The van der Waals surface area contributed by atoms with Gasteiger partial charge in [0.1, 0.15) is 5.82 Å². The highest BCUT2D eigenvalue weighted by atomic mass is 32.1. The number of carbonyl (C=O) groups excluding carboxylic acids is 3. The normalized spacial score (nSPS) is 9.89. The lowest BCUT2D eigenvalue weighted by Gasteiger charge is -2.12. The van der Waals surface area contributed by atoms with E-state index in [4.69, 9.17) is 12.2 Å². The predicted molar refractivity (Wildman–Crippen MR) is 99.2 cm³/mol. The van der Waals surface area contributed by atoms with Crippen molar-refractivity contribution in [3.05, 3.63) is 65.0 Å². The molecule has 2 rings (SSSR count). The number of hydrogen-bond donors (Lipinski definition) is 2. The van der Waals surface area contributed by atoms with Crippen molar-refractivity contribution in [2.45, 2.75) is 0 Å². The third-order valence-corrected chi connectivity index (χ3v) is 3.57. The van der Waals surface area contributed by atoms with E-state index < -0.39 is 23.7 Å². The number of thiocarbonyl (C=S) groups is 1. The van der Waals surface area contributed by atoms with Crippen LogP contribution in [0.1, 0.15) is 31.1 Å². The number of halogens is 1. The van der Waals surface area contributed by atoms with Gasteiger partial charge in [-0.1, -0.05) is 0 Å². The molecule has 27 heavy (non-hydrogen) atoms. The Morgan fingerprint density at radius 1 is 0.889 bits per heavy atom. The van der Waals surface area contributed by atoms with Crippen LogP contribution in [0.2, 0.25) is 0 Å². The van der Waals surface area contributed by atoms with Crippen LogP contribution in [0.3, 0.4) is 0 Å². The van der Waals surface area contributed by atoms with Crippen molar-refractivity contribution in [1.82, 2.24) is 5.32 Å². The molecule has 0 bridgehead atoms. The lowest BCUT2D eigenvalue weighted by molar-refractivity contribution is 0.0599. The number of ether oxygens (including phenoxy) is 2. The van der Waals surface area contributed by atoms with Gasteiger partial charge in [0, 0.05) is 11.3 Å². The zero-order valence-electron chi connectivity index (χ0n) is 14.4. The van der Waals surface area contributed by atoms with Crippen LogP contribution in [0.5, 0.6) is 0 Å². The molecule has 0 unspecified atom stereocenters. The molecule has 7 nitrogen and oxygen atoms in total. The van der Waals surface area contributed by atoms with Gasteiger partial charge in [-0.2, -0.15) is 0 Å². The maximum absolute atomic E-state index is 12.9. The molecule has 0 aliphatic carbocycles. The van der Waals surface area contributed by atoms with Gasteiger partial charge in [0.2, 0.25) is 0 Å². The summed E-state index contributed by atoms with van der Waals surface area (Å²) in [4.78, 5) is 35.6. The van der Waals surface area contributed by atoms with Gasteiger partial charge < -0.3 is 14.8 Å². The number of esters is 2. The molecule has 0 heterocycles. The Morgan fingerprint density at radius 2 is 1.41 bits per heavy atom. The van der Waals surface area contributed by atoms with Crippen LogP contribution >= 0.6 is 12.2 Å². The van der Waals surface area contributed by atoms with E-state index in [1.165, 1.54) is 44.6 Å². The summed E-state index contributed by atoms with van der Waals surface area (Å²) in [6, 6.07) is 9.01. The fraction of sp³-hybridized carbons (Fsp3) is 0.111. The minimum absolute atomic E-state index is 0.0813. The summed E-state index contributed by atoms with van der Waals surface area (Å²) in [6.45, 7) is 0. The number of amides is 1. The van der Waals surface area contributed by atoms with Crippen LogP contribution in [0.15, 0.2) is 42.5 Å². The third kappa shape index (κ3) is 5.32. The highest BCUT2D eigenvalue weighted by molar-refractivity contribution is 7.80. The predicted octanol–water partition coefficient (Wildman–Crippen LogP) is 2.53. The van der Waals surface area contributed by atoms with Crippen molar-refractivity contribution >= 4 is 40.9 Å². The lowest BCUT2D eigenvalue weighted by Crippen LogP contribution is -2.34.